The van der Waals surface area contributed by atoms with Crippen LogP contribution in [0.3, 0.4) is 0 Å². The van der Waals surface area contributed by atoms with Crippen molar-refractivity contribution in [2.75, 3.05) is 0 Å². The lowest BCUT2D eigenvalue weighted by Crippen LogP contribution is -2.51. The molecular weight excluding hydrogens is 176 g/mol. The average molecular weight is 192 g/mol. The van der Waals surface area contributed by atoms with Crippen LogP contribution in [0.15, 0.2) is 24.3 Å². The number of rotatable bonds is 3. The van der Waals surface area contributed by atoms with E-state index in [1.807, 2.05) is 31.2 Å². The van der Waals surface area contributed by atoms with Crippen molar-refractivity contribution in [2.45, 2.75) is 25.8 Å². The predicted molar refractivity (Wildman–Crippen MR) is 56.7 cm³/mol. The van der Waals surface area contributed by atoms with Crippen LogP contribution in [0.25, 0.3) is 0 Å². The van der Waals surface area contributed by atoms with E-state index in [1.54, 1.807) is 6.92 Å². The fraction of sp³-hybridized carbons (Fsp3) is 0.364. The highest BCUT2D eigenvalue weighted by Gasteiger charge is 2.26. The van der Waals surface area contributed by atoms with Gasteiger partial charge in [-0.15, -0.1) is 0 Å². The van der Waals surface area contributed by atoms with Crippen molar-refractivity contribution in [1.82, 2.24) is 0 Å². The van der Waals surface area contributed by atoms with Crippen LogP contribution in [-0.4, -0.2) is 11.4 Å². The molecule has 0 saturated carbocycles. The summed E-state index contributed by atoms with van der Waals surface area (Å²) in [6, 6.07) is 7.84. The molecule has 0 aromatic heterocycles. The van der Waals surface area contributed by atoms with Crippen LogP contribution in [-0.2, 0) is 11.2 Å². The van der Waals surface area contributed by atoms with Crippen molar-refractivity contribution in [1.29, 1.82) is 0 Å². The van der Waals surface area contributed by atoms with Crippen molar-refractivity contribution < 1.29 is 4.79 Å². The molecule has 0 fully saturated rings. The molecule has 0 unspecified atom stereocenters. The van der Waals surface area contributed by atoms with Gasteiger partial charge in [0.25, 0.3) is 0 Å². The molecule has 0 heterocycles. The normalized spacial score (nSPS) is 14.8. The van der Waals surface area contributed by atoms with Gasteiger partial charge in [0.2, 0.25) is 5.91 Å². The van der Waals surface area contributed by atoms with E-state index >= 15 is 0 Å². The molecule has 0 aliphatic rings. The minimum Gasteiger partial charge on any atom is -0.368 e. The molecule has 1 aromatic carbocycles. The Hall–Kier alpha value is -1.35. The summed E-state index contributed by atoms with van der Waals surface area (Å²) in [6.45, 7) is 3.65. The predicted octanol–water partition coefficient (Wildman–Crippen LogP) is 0.740. The second-order valence-electron chi connectivity index (χ2n) is 3.88. The maximum Gasteiger partial charge on any atom is 0.237 e. The van der Waals surface area contributed by atoms with E-state index in [9.17, 15) is 4.79 Å². The minimum absolute atomic E-state index is 0.472. The Balaban J connectivity index is 2.89. The first-order chi connectivity index (χ1) is 6.43. The molecule has 1 atom stereocenters. The van der Waals surface area contributed by atoms with E-state index in [-0.39, 0.29) is 0 Å². The Bertz CT molecular complexity index is 345. The molecule has 0 spiro atoms. The molecule has 0 saturated heterocycles. The molecule has 4 N–H and O–H groups in total. The fourth-order valence-corrected chi connectivity index (χ4v) is 1.29. The van der Waals surface area contributed by atoms with Gasteiger partial charge in [0.1, 0.15) is 0 Å². The Morgan fingerprint density at radius 1 is 1.43 bits per heavy atom. The zero-order chi connectivity index (χ0) is 10.8. The van der Waals surface area contributed by atoms with Crippen LogP contribution in [0.1, 0.15) is 18.1 Å². The summed E-state index contributed by atoms with van der Waals surface area (Å²) in [5.74, 6) is -0.472. The molecule has 76 valence electrons. The molecule has 3 nitrogen and oxygen atoms in total. The zero-order valence-electron chi connectivity index (χ0n) is 8.58. The molecule has 1 rings (SSSR count). The largest absolute Gasteiger partial charge is 0.368 e. The fourth-order valence-electron chi connectivity index (χ4n) is 1.29. The van der Waals surface area contributed by atoms with E-state index in [0.29, 0.717) is 6.42 Å². The third kappa shape index (κ3) is 2.33. The SMILES string of the molecule is Cc1ccccc1C[C@@](C)(N)C(N)=O. The first kappa shape index (κ1) is 10.7. The Labute approximate surface area is 84.1 Å². The first-order valence-electron chi connectivity index (χ1n) is 4.57. The van der Waals surface area contributed by atoms with Crippen molar-refractivity contribution in [3.63, 3.8) is 0 Å². The molecule has 0 aliphatic heterocycles. The highest BCUT2D eigenvalue weighted by atomic mass is 16.1. The summed E-state index contributed by atoms with van der Waals surface area (Å²) >= 11 is 0. The van der Waals surface area contributed by atoms with Gasteiger partial charge in [-0.25, -0.2) is 0 Å². The highest BCUT2D eigenvalue weighted by molar-refractivity contribution is 5.84. The molecule has 0 radical (unpaired) electrons. The maximum absolute atomic E-state index is 11.0. The second-order valence-corrected chi connectivity index (χ2v) is 3.88. The van der Waals surface area contributed by atoms with E-state index in [0.717, 1.165) is 11.1 Å². The number of nitrogens with two attached hydrogens (primary N) is 2. The molecule has 0 aliphatic carbocycles. The molecule has 1 aromatic rings. The quantitative estimate of drug-likeness (QED) is 0.741. The van der Waals surface area contributed by atoms with Crippen LogP contribution in [0.2, 0.25) is 0 Å². The summed E-state index contributed by atoms with van der Waals surface area (Å²) in [7, 11) is 0. The van der Waals surface area contributed by atoms with Crippen molar-refractivity contribution in [3.05, 3.63) is 35.4 Å². The number of aryl methyl sites for hydroxylation is 1. The number of hydrogen-bond donors (Lipinski definition) is 2. The van der Waals surface area contributed by atoms with Crippen molar-refractivity contribution >= 4 is 5.91 Å². The first-order valence-corrected chi connectivity index (χ1v) is 4.57. The topological polar surface area (TPSA) is 69.1 Å². The number of carbonyl (C=O) groups excluding carboxylic acids is 1. The van der Waals surface area contributed by atoms with Gasteiger partial charge < -0.3 is 11.5 Å². The van der Waals surface area contributed by atoms with Gasteiger partial charge in [0, 0.05) is 0 Å². The van der Waals surface area contributed by atoms with Gasteiger partial charge in [0.15, 0.2) is 0 Å². The molecule has 3 heteroatoms. The van der Waals surface area contributed by atoms with Gasteiger partial charge >= 0.3 is 0 Å². The molecule has 0 bridgehead atoms. The number of amides is 1. The summed E-state index contributed by atoms with van der Waals surface area (Å²) in [5, 5.41) is 0. The van der Waals surface area contributed by atoms with Crippen LogP contribution in [0, 0.1) is 6.92 Å². The molecular formula is C11H16N2O. The standard InChI is InChI=1S/C11H16N2O/c1-8-5-3-4-6-9(8)7-11(2,13)10(12)14/h3-6H,7,13H2,1-2H3,(H2,12,14)/t11-/m1/s1. The second kappa shape index (κ2) is 3.80. The summed E-state index contributed by atoms with van der Waals surface area (Å²) in [5.41, 5.74) is 12.2. The number of carbonyl (C=O) groups is 1. The summed E-state index contributed by atoms with van der Waals surface area (Å²) < 4.78 is 0. The Morgan fingerprint density at radius 2 is 2.00 bits per heavy atom. The number of primary amides is 1. The average Bonchev–Trinajstić information content (AvgIpc) is 2.08. The van der Waals surface area contributed by atoms with E-state index in [1.165, 1.54) is 0 Å². The van der Waals surface area contributed by atoms with Crippen LogP contribution in [0.4, 0.5) is 0 Å². The Kier molecular flexibility index (Phi) is 2.91. The molecule has 1 amide bonds. The van der Waals surface area contributed by atoms with E-state index < -0.39 is 11.4 Å². The lowest BCUT2D eigenvalue weighted by molar-refractivity contribution is -0.122. The monoisotopic (exact) mass is 192 g/mol. The lowest BCUT2D eigenvalue weighted by atomic mass is 9.91. The van der Waals surface area contributed by atoms with Crippen LogP contribution >= 0.6 is 0 Å². The van der Waals surface area contributed by atoms with Crippen LogP contribution < -0.4 is 11.5 Å². The van der Waals surface area contributed by atoms with Gasteiger partial charge in [-0.05, 0) is 31.4 Å². The summed E-state index contributed by atoms with van der Waals surface area (Å²) in [4.78, 5) is 11.0. The maximum atomic E-state index is 11.0. The van der Waals surface area contributed by atoms with Crippen molar-refractivity contribution in [3.8, 4) is 0 Å². The zero-order valence-corrected chi connectivity index (χ0v) is 8.58. The van der Waals surface area contributed by atoms with Gasteiger partial charge in [-0.3, -0.25) is 4.79 Å². The van der Waals surface area contributed by atoms with E-state index in [2.05, 4.69) is 0 Å². The summed E-state index contributed by atoms with van der Waals surface area (Å²) in [6.07, 6.45) is 0.481. The lowest BCUT2D eigenvalue weighted by Gasteiger charge is -2.21. The number of benzene rings is 1. The van der Waals surface area contributed by atoms with Gasteiger partial charge in [0.05, 0.1) is 5.54 Å². The number of hydrogen-bond acceptors (Lipinski definition) is 2. The van der Waals surface area contributed by atoms with E-state index in [4.69, 9.17) is 11.5 Å². The van der Waals surface area contributed by atoms with Crippen molar-refractivity contribution in [2.24, 2.45) is 11.5 Å². The van der Waals surface area contributed by atoms with Gasteiger partial charge in [-0.1, -0.05) is 24.3 Å². The minimum atomic E-state index is -0.966. The van der Waals surface area contributed by atoms with Gasteiger partial charge in [-0.2, -0.15) is 0 Å². The smallest absolute Gasteiger partial charge is 0.237 e. The third-order valence-electron chi connectivity index (χ3n) is 2.38. The van der Waals surface area contributed by atoms with Crippen LogP contribution in [0.5, 0.6) is 0 Å². The third-order valence-corrected chi connectivity index (χ3v) is 2.38. The highest BCUT2D eigenvalue weighted by Crippen LogP contribution is 2.14. The Morgan fingerprint density at radius 3 is 2.50 bits per heavy atom. The molecule has 14 heavy (non-hydrogen) atoms.